The maximum atomic E-state index is 6.35. The zero-order valence-electron chi connectivity index (χ0n) is 15.8. The third-order valence-corrected chi connectivity index (χ3v) is 5.62. The first kappa shape index (κ1) is 16.8. The minimum atomic E-state index is -0.958. The molecule has 1 fully saturated rings. The van der Waals surface area contributed by atoms with E-state index in [0.29, 0.717) is 13.2 Å². The second-order valence-corrected chi connectivity index (χ2v) is 7.48. The van der Waals surface area contributed by atoms with Gasteiger partial charge in [-0.1, -0.05) is 66.7 Å². The van der Waals surface area contributed by atoms with Gasteiger partial charge in [-0.3, -0.25) is 0 Å². The van der Waals surface area contributed by atoms with Crippen molar-refractivity contribution in [2.45, 2.75) is 25.0 Å². The summed E-state index contributed by atoms with van der Waals surface area (Å²) in [5.74, 6) is 0.593. The summed E-state index contributed by atoms with van der Waals surface area (Å²) in [6, 6.07) is 26.3. The van der Waals surface area contributed by atoms with E-state index in [0.717, 1.165) is 40.3 Å². The minimum Gasteiger partial charge on any atom is -0.487 e. The Bertz CT molecular complexity index is 1170. The van der Waals surface area contributed by atoms with Crippen LogP contribution in [0, 0.1) is 0 Å². The van der Waals surface area contributed by atoms with Crippen LogP contribution in [0.2, 0.25) is 0 Å². The van der Waals surface area contributed by atoms with Gasteiger partial charge >= 0.3 is 0 Å². The molecule has 2 atom stereocenters. The molecular formula is C24H20N2O3. The normalized spacial score (nSPS) is 22.6. The van der Waals surface area contributed by atoms with Crippen molar-refractivity contribution < 1.29 is 14.2 Å². The fourth-order valence-electron chi connectivity index (χ4n) is 4.27. The van der Waals surface area contributed by atoms with Gasteiger partial charge in [0.05, 0.1) is 18.7 Å². The van der Waals surface area contributed by atoms with Crippen molar-refractivity contribution in [1.29, 1.82) is 0 Å². The molecule has 6 rings (SSSR count). The third-order valence-electron chi connectivity index (χ3n) is 5.62. The Labute approximate surface area is 168 Å². The number of imidazole rings is 1. The first-order valence-corrected chi connectivity index (χ1v) is 9.87. The number of rotatable bonds is 4. The van der Waals surface area contributed by atoms with Crippen LogP contribution in [0.25, 0.3) is 11.0 Å². The van der Waals surface area contributed by atoms with Gasteiger partial charge < -0.3 is 18.8 Å². The molecule has 2 bridgehead atoms. The van der Waals surface area contributed by atoms with E-state index in [-0.39, 0.29) is 6.10 Å². The van der Waals surface area contributed by atoms with Crippen LogP contribution in [-0.4, -0.2) is 22.3 Å². The second kappa shape index (κ2) is 6.44. The van der Waals surface area contributed by atoms with Crippen LogP contribution in [0.4, 0.5) is 0 Å². The number of aromatic nitrogens is 2. The molecule has 4 aromatic rings. The molecule has 0 saturated carbocycles. The van der Waals surface area contributed by atoms with Crippen molar-refractivity contribution in [3.8, 4) is 5.75 Å². The Kier molecular flexibility index (Phi) is 3.72. The number of nitrogens with zero attached hydrogens (tertiary/aromatic N) is 2. The molecule has 3 heterocycles. The van der Waals surface area contributed by atoms with E-state index in [4.69, 9.17) is 19.2 Å². The molecule has 5 nitrogen and oxygen atoms in total. The van der Waals surface area contributed by atoms with Gasteiger partial charge in [-0.25, -0.2) is 4.98 Å². The highest BCUT2D eigenvalue weighted by Crippen LogP contribution is 2.45. The number of hydrogen-bond donors (Lipinski definition) is 0. The van der Waals surface area contributed by atoms with Gasteiger partial charge in [0.15, 0.2) is 5.82 Å². The van der Waals surface area contributed by atoms with E-state index in [9.17, 15) is 0 Å². The molecule has 5 heteroatoms. The molecule has 29 heavy (non-hydrogen) atoms. The van der Waals surface area contributed by atoms with Crippen LogP contribution in [0.1, 0.15) is 17.0 Å². The third kappa shape index (κ3) is 2.58. The average Bonchev–Trinajstić information content (AvgIpc) is 3.35. The lowest BCUT2D eigenvalue weighted by atomic mass is 10.0. The zero-order chi connectivity index (χ0) is 19.3. The van der Waals surface area contributed by atoms with Gasteiger partial charge in [0, 0.05) is 5.56 Å². The summed E-state index contributed by atoms with van der Waals surface area (Å²) in [6.07, 6.45) is 0.00833. The van der Waals surface area contributed by atoms with Crippen LogP contribution < -0.4 is 4.74 Å². The monoisotopic (exact) mass is 384 g/mol. The molecule has 0 amide bonds. The minimum absolute atomic E-state index is 0.00833. The van der Waals surface area contributed by atoms with Crippen LogP contribution in [0.15, 0.2) is 78.9 Å². The molecule has 1 aromatic heterocycles. The number of hydrogen-bond acceptors (Lipinski definition) is 4. The van der Waals surface area contributed by atoms with E-state index >= 15 is 0 Å². The smallest absolute Gasteiger partial charge is 0.256 e. The van der Waals surface area contributed by atoms with Gasteiger partial charge in [0.1, 0.15) is 24.0 Å². The first-order valence-electron chi connectivity index (χ1n) is 9.87. The Morgan fingerprint density at radius 3 is 2.59 bits per heavy atom. The molecule has 2 unspecified atom stereocenters. The maximum absolute atomic E-state index is 6.35. The average molecular weight is 384 g/mol. The molecular weight excluding hydrogens is 364 g/mol. The fraction of sp³-hybridized carbons (Fsp3) is 0.208. The lowest BCUT2D eigenvalue weighted by Gasteiger charge is -2.32. The highest BCUT2D eigenvalue weighted by atomic mass is 16.7. The summed E-state index contributed by atoms with van der Waals surface area (Å²) in [5.41, 5.74) is 3.98. The summed E-state index contributed by atoms with van der Waals surface area (Å²) >= 11 is 0. The summed E-state index contributed by atoms with van der Waals surface area (Å²) < 4.78 is 20.9. The van der Waals surface area contributed by atoms with E-state index in [2.05, 4.69) is 22.8 Å². The number of fused-ring (bicyclic) bond motifs is 6. The lowest BCUT2D eigenvalue weighted by molar-refractivity contribution is -0.162. The Morgan fingerprint density at radius 2 is 1.76 bits per heavy atom. The van der Waals surface area contributed by atoms with Crippen molar-refractivity contribution >= 4 is 11.0 Å². The molecule has 0 radical (unpaired) electrons. The molecule has 0 aliphatic carbocycles. The Balaban J connectivity index is 1.46. The van der Waals surface area contributed by atoms with Gasteiger partial charge in [-0.2, -0.15) is 0 Å². The number of benzene rings is 3. The number of ether oxygens (including phenoxy) is 3. The summed E-state index contributed by atoms with van der Waals surface area (Å²) in [6.45, 7) is 1.79. The predicted molar refractivity (Wildman–Crippen MR) is 109 cm³/mol. The molecule has 0 N–H and O–H groups in total. The quantitative estimate of drug-likeness (QED) is 0.528. The van der Waals surface area contributed by atoms with Crippen molar-refractivity contribution in [3.63, 3.8) is 0 Å². The van der Waals surface area contributed by atoms with Crippen molar-refractivity contribution in [1.82, 2.24) is 9.55 Å². The molecule has 3 aromatic carbocycles. The maximum Gasteiger partial charge on any atom is 0.256 e. The highest BCUT2D eigenvalue weighted by molar-refractivity contribution is 5.83. The van der Waals surface area contributed by atoms with E-state index in [1.54, 1.807) is 0 Å². The van der Waals surface area contributed by atoms with Crippen molar-refractivity contribution in [2.75, 3.05) is 6.61 Å². The first-order chi connectivity index (χ1) is 14.3. The van der Waals surface area contributed by atoms with Gasteiger partial charge in [0.25, 0.3) is 5.79 Å². The molecule has 2 aliphatic heterocycles. The Hall–Kier alpha value is -3.15. The Morgan fingerprint density at radius 1 is 0.966 bits per heavy atom. The molecule has 1 saturated heterocycles. The molecule has 0 spiro atoms. The van der Waals surface area contributed by atoms with Crippen LogP contribution in [-0.2, 0) is 28.4 Å². The van der Waals surface area contributed by atoms with Crippen LogP contribution in [0.3, 0.4) is 0 Å². The SMILES string of the molecule is c1ccc(COc2cccc3c2nc2n3CC3COC2(c2ccccc2)O3)cc1. The zero-order valence-corrected chi connectivity index (χ0v) is 15.8. The van der Waals surface area contributed by atoms with E-state index in [1.165, 1.54) is 0 Å². The van der Waals surface area contributed by atoms with E-state index < -0.39 is 5.79 Å². The van der Waals surface area contributed by atoms with E-state index in [1.807, 2.05) is 60.7 Å². The highest BCUT2D eigenvalue weighted by Gasteiger charge is 2.52. The van der Waals surface area contributed by atoms with Crippen molar-refractivity contribution in [2.24, 2.45) is 0 Å². The lowest BCUT2D eigenvalue weighted by Crippen LogP contribution is -2.38. The summed E-state index contributed by atoms with van der Waals surface area (Å²) in [5, 5.41) is 0. The molecule has 2 aliphatic rings. The van der Waals surface area contributed by atoms with Crippen LogP contribution in [0.5, 0.6) is 5.75 Å². The van der Waals surface area contributed by atoms with Gasteiger partial charge in [0.2, 0.25) is 0 Å². The summed E-state index contributed by atoms with van der Waals surface area (Å²) in [4.78, 5) is 4.98. The topological polar surface area (TPSA) is 45.5 Å². The van der Waals surface area contributed by atoms with Crippen LogP contribution >= 0.6 is 0 Å². The van der Waals surface area contributed by atoms with Gasteiger partial charge in [-0.15, -0.1) is 0 Å². The van der Waals surface area contributed by atoms with Gasteiger partial charge in [-0.05, 0) is 17.7 Å². The predicted octanol–water partition coefficient (Wildman–Crippen LogP) is 4.25. The summed E-state index contributed by atoms with van der Waals surface area (Å²) in [7, 11) is 0. The largest absolute Gasteiger partial charge is 0.487 e. The number of para-hydroxylation sites is 1. The fourth-order valence-corrected chi connectivity index (χ4v) is 4.27. The standard InChI is InChI=1S/C24H20N2O3/c1-3-8-17(9-4-1)15-27-21-13-7-12-20-22(21)25-23-24(18-10-5-2-6-11-18)28-16-19(29-24)14-26(20)23/h1-13,19H,14-16H2. The van der Waals surface area contributed by atoms with Crippen molar-refractivity contribution in [3.05, 3.63) is 95.8 Å². The second-order valence-electron chi connectivity index (χ2n) is 7.48. The molecule has 144 valence electrons.